The van der Waals surface area contributed by atoms with E-state index in [9.17, 15) is 4.79 Å². The van der Waals surface area contributed by atoms with E-state index >= 15 is 0 Å². The number of amides is 1. The van der Waals surface area contributed by atoms with Crippen LogP contribution in [0.1, 0.15) is 30.0 Å². The van der Waals surface area contributed by atoms with Gasteiger partial charge >= 0.3 is 0 Å². The largest absolute Gasteiger partial charge is 0.342 e. The number of carbonyl (C=O) groups excluding carboxylic acids is 1. The highest BCUT2D eigenvalue weighted by molar-refractivity contribution is 5.79. The third kappa shape index (κ3) is 4.19. The molecule has 5 heteroatoms. The summed E-state index contributed by atoms with van der Waals surface area (Å²) in [4.78, 5) is 27.4. The number of aromatic nitrogens is 3. The lowest BCUT2D eigenvalue weighted by molar-refractivity contribution is -0.131. The highest BCUT2D eigenvalue weighted by Gasteiger charge is 2.25. The molecule has 0 saturated carbocycles. The van der Waals surface area contributed by atoms with Crippen molar-refractivity contribution in [3.63, 3.8) is 0 Å². The number of pyridine rings is 1. The topological polar surface area (TPSA) is 59.0 Å². The van der Waals surface area contributed by atoms with E-state index in [-0.39, 0.29) is 5.91 Å². The first-order valence-electron chi connectivity index (χ1n) is 9.32. The summed E-state index contributed by atoms with van der Waals surface area (Å²) in [7, 11) is 0. The highest BCUT2D eigenvalue weighted by Crippen LogP contribution is 2.27. The quantitative estimate of drug-likeness (QED) is 0.716. The number of likely N-dealkylation sites (tertiary alicyclic amines) is 1. The zero-order chi connectivity index (χ0) is 18.5. The van der Waals surface area contributed by atoms with Gasteiger partial charge in [-0.05, 0) is 24.5 Å². The first kappa shape index (κ1) is 17.3. The van der Waals surface area contributed by atoms with Crippen LogP contribution in [0.3, 0.4) is 0 Å². The molecule has 1 unspecified atom stereocenters. The van der Waals surface area contributed by atoms with Crippen LogP contribution in [0.25, 0.3) is 11.1 Å². The monoisotopic (exact) mass is 358 g/mol. The lowest BCUT2D eigenvalue weighted by Gasteiger charge is -2.32. The highest BCUT2D eigenvalue weighted by atomic mass is 16.2. The maximum Gasteiger partial charge on any atom is 0.227 e. The summed E-state index contributed by atoms with van der Waals surface area (Å²) in [5.41, 5.74) is 4.08. The van der Waals surface area contributed by atoms with Crippen LogP contribution in [0.5, 0.6) is 0 Å². The molecule has 0 radical (unpaired) electrons. The first-order chi connectivity index (χ1) is 13.3. The molecule has 1 aliphatic rings. The molecule has 136 valence electrons. The van der Waals surface area contributed by atoms with Crippen molar-refractivity contribution in [1.82, 2.24) is 19.9 Å². The van der Waals surface area contributed by atoms with Crippen molar-refractivity contribution in [2.75, 3.05) is 13.1 Å². The van der Waals surface area contributed by atoms with E-state index in [0.717, 1.165) is 48.3 Å². The zero-order valence-electron chi connectivity index (χ0n) is 15.2. The molecule has 1 atom stereocenters. The van der Waals surface area contributed by atoms with E-state index in [1.807, 2.05) is 41.4 Å². The summed E-state index contributed by atoms with van der Waals surface area (Å²) >= 11 is 0. The number of rotatable bonds is 4. The Bertz CT molecular complexity index is 881. The molecule has 1 aromatic carbocycles. The van der Waals surface area contributed by atoms with Crippen LogP contribution in [0.15, 0.2) is 67.4 Å². The minimum atomic E-state index is 0.198. The summed E-state index contributed by atoms with van der Waals surface area (Å²) < 4.78 is 0. The van der Waals surface area contributed by atoms with Crippen LogP contribution >= 0.6 is 0 Å². The third-order valence-electron chi connectivity index (χ3n) is 5.07. The maximum atomic E-state index is 12.7. The first-order valence-corrected chi connectivity index (χ1v) is 9.32. The van der Waals surface area contributed by atoms with E-state index in [4.69, 9.17) is 0 Å². The molecule has 3 heterocycles. The van der Waals surface area contributed by atoms with Crippen LogP contribution in [-0.2, 0) is 11.2 Å². The minimum absolute atomic E-state index is 0.198. The smallest absolute Gasteiger partial charge is 0.227 e. The molecule has 5 nitrogen and oxygen atoms in total. The van der Waals surface area contributed by atoms with Crippen LogP contribution < -0.4 is 0 Å². The van der Waals surface area contributed by atoms with Crippen molar-refractivity contribution in [2.45, 2.75) is 25.2 Å². The van der Waals surface area contributed by atoms with Gasteiger partial charge in [0, 0.05) is 54.4 Å². The van der Waals surface area contributed by atoms with Crippen molar-refractivity contribution in [3.8, 4) is 11.1 Å². The summed E-state index contributed by atoms with van der Waals surface area (Å²) in [6.45, 7) is 1.58. The minimum Gasteiger partial charge on any atom is -0.342 e. The summed E-state index contributed by atoms with van der Waals surface area (Å²) in [5, 5.41) is 0. The Kier molecular flexibility index (Phi) is 5.19. The number of hydrogen-bond acceptors (Lipinski definition) is 4. The predicted octanol–water partition coefficient (Wildman–Crippen LogP) is 3.49. The van der Waals surface area contributed by atoms with Crippen LogP contribution in [-0.4, -0.2) is 38.8 Å². The summed E-state index contributed by atoms with van der Waals surface area (Å²) in [6.07, 6.45) is 9.51. The van der Waals surface area contributed by atoms with Crippen molar-refractivity contribution in [3.05, 3.63) is 78.6 Å². The van der Waals surface area contributed by atoms with Gasteiger partial charge in [0.05, 0.1) is 6.42 Å². The fourth-order valence-electron chi connectivity index (χ4n) is 3.59. The fourth-order valence-corrected chi connectivity index (χ4v) is 3.59. The van der Waals surface area contributed by atoms with E-state index in [1.54, 1.807) is 12.4 Å². The van der Waals surface area contributed by atoms with Gasteiger partial charge in [0.15, 0.2) is 0 Å². The normalized spacial score (nSPS) is 16.9. The number of piperidine rings is 1. The van der Waals surface area contributed by atoms with E-state index in [2.05, 4.69) is 27.1 Å². The number of nitrogens with zero attached hydrogens (tertiary/aromatic N) is 4. The molecule has 4 rings (SSSR count). The van der Waals surface area contributed by atoms with Crippen LogP contribution in [0.4, 0.5) is 0 Å². The summed E-state index contributed by atoms with van der Waals surface area (Å²) in [5.74, 6) is 0.489. The standard InChI is InChI=1S/C22H22N4O/c27-22(11-17-5-2-1-3-6-17)26-10-4-7-19(15-26)21-9-8-18(14-25-21)20-12-23-16-24-13-20/h1-3,5-6,8-9,12-14,16,19H,4,7,10-11,15H2. The Morgan fingerprint density at radius 3 is 2.56 bits per heavy atom. The van der Waals surface area contributed by atoms with Crippen molar-refractivity contribution >= 4 is 5.91 Å². The van der Waals surface area contributed by atoms with Gasteiger partial charge in [0.1, 0.15) is 6.33 Å². The Balaban J connectivity index is 1.43. The van der Waals surface area contributed by atoms with Gasteiger partial charge in [0.25, 0.3) is 0 Å². The van der Waals surface area contributed by atoms with E-state index in [1.165, 1.54) is 6.33 Å². The zero-order valence-corrected chi connectivity index (χ0v) is 15.2. The van der Waals surface area contributed by atoms with E-state index < -0.39 is 0 Å². The molecule has 1 fully saturated rings. The molecular formula is C22H22N4O. The number of hydrogen-bond donors (Lipinski definition) is 0. The Labute approximate surface area is 159 Å². The second-order valence-corrected chi connectivity index (χ2v) is 6.94. The Morgan fingerprint density at radius 1 is 1.00 bits per heavy atom. The lowest BCUT2D eigenvalue weighted by atomic mass is 9.93. The van der Waals surface area contributed by atoms with Gasteiger partial charge in [-0.2, -0.15) is 0 Å². The third-order valence-corrected chi connectivity index (χ3v) is 5.07. The average molecular weight is 358 g/mol. The molecule has 0 bridgehead atoms. The predicted molar refractivity (Wildman–Crippen MR) is 104 cm³/mol. The molecule has 3 aromatic rings. The molecule has 1 aliphatic heterocycles. The number of carbonyl (C=O) groups is 1. The molecule has 1 amide bonds. The van der Waals surface area contributed by atoms with E-state index in [0.29, 0.717) is 12.3 Å². The van der Waals surface area contributed by atoms with Crippen LogP contribution in [0.2, 0.25) is 0 Å². The van der Waals surface area contributed by atoms with Gasteiger partial charge in [0.2, 0.25) is 5.91 Å². The lowest BCUT2D eigenvalue weighted by Crippen LogP contribution is -2.40. The van der Waals surface area contributed by atoms with Gasteiger partial charge in [-0.1, -0.05) is 36.4 Å². The van der Waals surface area contributed by atoms with Crippen molar-refractivity contribution in [1.29, 1.82) is 0 Å². The van der Waals surface area contributed by atoms with Crippen LogP contribution in [0, 0.1) is 0 Å². The van der Waals surface area contributed by atoms with Gasteiger partial charge < -0.3 is 4.90 Å². The van der Waals surface area contributed by atoms with Gasteiger partial charge in [-0.25, -0.2) is 9.97 Å². The molecule has 1 saturated heterocycles. The molecule has 0 N–H and O–H groups in total. The molecule has 0 aliphatic carbocycles. The Morgan fingerprint density at radius 2 is 1.81 bits per heavy atom. The van der Waals surface area contributed by atoms with Gasteiger partial charge in [-0.15, -0.1) is 0 Å². The second-order valence-electron chi connectivity index (χ2n) is 6.94. The van der Waals surface area contributed by atoms with Crippen molar-refractivity contribution < 1.29 is 4.79 Å². The SMILES string of the molecule is O=C(Cc1ccccc1)N1CCCC(c2ccc(-c3cncnc3)cn2)C1. The fraction of sp³-hybridized carbons (Fsp3) is 0.273. The Hall–Kier alpha value is -3.08. The molecule has 27 heavy (non-hydrogen) atoms. The summed E-state index contributed by atoms with van der Waals surface area (Å²) in [6, 6.07) is 14.1. The molecule has 2 aromatic heterocycles. The molecule has 0 spiro atoms. The van der Waals surface area contributed by atoms with Crippen molar-refractivity contribution in [2.24, 2.45) is 0 Å². The maximum absolute atomic E-state index is 12.7. The number of benzene rings is 1. The second kappa shape index (κ2) is 8.08. The molecular weight excluding hydrogens is 336 g/mol. The average Bonchev–Trinajstić information content (AvgIpc) is 2.75. The van der Waals surface area contributed by atoms with Gasteiger partial charge in [-0.3, -0.25) is 9.78 Å².